The van der Waals surface area contributed by atoms with Crippen LogP contribution in [-0.2, 0) is 6.18 Å². The van der Waals surface area contributed by atoms with Gasteiger partial charge in [0.1, 0.15) is 11.4 Å². The van der Waals surface area contributed by atoms with Gasteiger partial charge in [0.25, 0.3) is 0 Å². The number of hydrogen-bond acceptors (Lipinski definition) is 2. The fourth-order valence-electron chi connectivity index (χ4n) is 1.49. The Morgan fingerprint density at radius 2 is 1.71 bits per heavy atom. The van der Waals surface area contributed by atoms with Gasteiger partial charge in [-0.25, -0.2) is 8.78 Å². The lowest BCUT2D eigenvalue weighted by Crippen LogP contribution is -2.07. The fourth-order valence-corrected chi connectivity index (χ4v) is 1.49. The lowest BCUT2D eigenvalue weighted by molar-refractivity contribution is -0.141. The molecule has 108 valence electrons. The molecule has 1 aromatic heterocycles. The molecule has 0 N–H and O–H groups in total. The van der Waals surface area contributed by atoms with Crippen molar-refractivity contribution in [2.45, 2.75) is 6.18 Å². The van der Waals surface area contributed by atoms with Crippen molar-refractivity contribution in [1.82, 2.24) is 4.98 Å². The van der Waals surface area contributed by atoms with E-state index in [1.807, 2.05) is 5.92 Å². The van der Waals surface area contributed by atoms with Crippen molar-refractivity contribution in [2.24, 2.45) is 0 Å². The summed E-state index contributed by atoms with van der Waals surface area (Å²) in [4.78, 5) is 3.11. The maximum Gasteiger partial charge on any atom is 0.433 e. The van der Waals surface area contributed by atoms with Gasteiger partial charge in [-0.05, 0) is 18.2 Å². The molecule has 1 aromatic carbocycles. The predicted octanol–water partition coefficient (Wildman–Crippen LogP) is 4.15. The average molecular weight is 299 g/mol. The van der Waals surface area contributed by atoms with Crippen LogP contribution >= 0.6 is 0 Å². The first-order valence-corrected chi connectivity index (χ1v) is 5.48. The Morgan fingerprint density at radius 1 is 1.10 bits per heavy atom. The molecule has 2 aromatic rings. The first-order valence-electron chi connectivity index (χ1n) is 5.48. The molecule has 0 spiro atoms. The summed E-state index contributed by atoms with van der Waals surface area (Å²) >= 11 is 0. The maximum atomic E-state index is 13.6. The number of nitrogens with zero attached hydrogens (tertiary/aromatic N) is 1. The summed E-state index contributed by atoms with van der Waals surface area (Å²) in [5, 5.41) is 0. The fraction of sp³-hybridized carbons (Fsp3) is 0.0714. The third kappa shape index (κ3) is 3.28. The SMILES string of the molecule is C#Cc1cc(F)c(Oc2ccnc(C(F)(F)F)c2)c(F)c1. The number of hydrogen-bond donors (Lipinski definition) is 0. The van der Waals surface area contributed by atoms with Gasteiger partial charge in [0.2, 0.25) is 0 Å². The Kier molecular flexibility index (Phi) is 3.80. The van der Waals surface area contributed by atoms with Gasteiger partial charge in [-0.15, -0.1) is 6.42 Å². The van der Waals surface area contributed by atoms with Crippen LogP contribution in [0.4, 0.5) is 22.0 Å². The quantitative estimate of drug-likeness (QED) is 0.614. The molecule has 0 amide bonds. The highest BCUT2D eigenvalue weighted by atomic mass is 19.4. The summed E-state index contributed by atoms with van der Waals surface area (Å²) in [6, 6.07) is 3.26. The molecule has 0 aliphatic rings. The van der Waals surface area contributed by atoms with Crippen LogP contribution in [0, 0.1) is 24.0 Å². The van der Waals surface area contributed by atoms with Gasteiger partial charge < -0.3 is 4.74 Å². The van der Waals surface area contributed by atoms with Crippen LogP contribution in [0.25, 0.3) is 0 Å². The highest BCUT2D eigenvalue weighted by Crippen LogP contribution is 2.32. The summed E-state index contributed by atoms with van der Waals surface area (Å²) in [5.74, 6) is -1.44. The second-order valence-corrected chi connectivity index (χ2v) is 3.89. The van der Waals surface area contributed by atoms with Crippen molar-refractivity contribution in [3.8, 4) is 23.8 Å². The average Bonchev–Trinajstić information content (AvgIpc) is 2.42. The standard InChI is InChI=1S/C14H6F5NO/c1-2-8-5-10(15)13(11(16)6-8)21-9-3-4-20-12(7-9)14(17,18)19/h1,3-7H. The lowest BCUT2D eigenvalue weighted by Gasteiger charge is -2.10. The molecule has 2 nitrogen and oxygen atoms in total. The summed E-state index contributed by atoms with van der Waals surface area (Å²) in [6.45, 7) is 0. The van der Waals surface area contributed by atoms with Gasteiger partial charge in [0.15, 0.2) is 17.4 Å². The van der Waals surface area contributed by atoms with Gasteiger partial charge in [0, 0.05) is 17.8 Å². The number of pyridine rings is 1. The van der Waals surface area contributed by atoms with Crippen LogP contribution < -0.4 is 4.74 Å². The van der Waals surface area contributed by atoms with E-state index in [9.17, 15) is 22.0 Å². The smallest absolute Gasteiger partial charge is 0.433 e. The molecule has 0 radical (unpaired) electrons. The minimum absolute atomic E-state index is 0.0527. The van der Waals surface area contributed by atoms with Gasteiger partial charge in [0.05, 0.1) is 0 Å². The second kappa shape index (κ2) is 5.40. The molecule has 0 atom stereocenters. The normalized spacial score (nSPS) is 11.0. The van der Waals surface area contributed by atoms with Crippen LogP contribution in [0.5, 0.6) is 11.5 Å². The van der Waals surface area contributed by atoms with E-state index < -0.39 is 35.0 Å². The summed E-state index contributed by atoms with van der Waals surface area (Å²) in [5.41, 5.74) is -1.29. The number of halogens is 5. The number of terminal acetylenes is 1. The van der Waals surface area contributed by atoms with Crippen molar-refractivity contribution in [3.05, 3.63) is 53.4 Å². The number of rotatable bonds is 2. The molecule has 1 heterocycles. The maximum absolute atomic E-state index is 13.6. The number of aromatic nitrogens is 1. The Hall–Kier alpha value is -2.62. The Morgan fingerprint density at radius 3 is 2.24 bits per heavy atom. The number of benzene rings is 1. The minimum atomic E-state index is -4.69. The monoisotopic (exact) mass is 299 g/mol. The summed E-state index contributed by atoms with van der Waals surface area (Å²) < 4.78 is 69.5. The van der Waals surface area contributed by atoms with Crippen molar-refractivity contribution >= 4 is 0 Å². The first kappa shape index (κ1) is 14.8. The van der Waals surface area contributed by atoms with E-state index in [1.165, 1.54) is 0 Å². The van der Waals surface area contributed by atoms with Gasteiger partial charge in [-0.3, -0.25) is 4.98 Å². The van der Waals surface area contributed by atoms with Crippen LogP contribution in [0.3, 0.4) is 0 Å². The number of alkyl halides is 3. The summed E-state index contributed by atoms with van der Waals surface area (Å²) in [7, 11) is 0. The molecule has 2 rings (SSSR count). The van der Waals surface area contributed by atoms with E-state index in [-0.39, 0.29) is 5.56 Å². The lowest BCUT2D eigenvalue weighted by atomic mass is 10.2. The van der Waals surface area contributed by atoms with E-state index >= 15 is 0 Å². The predicted molar refractivity (Wildman–Crippen MR) is 63.6 cm³/mol. The Labute approximate surface area is 116 Å². The Bertz CT molecular complexity index is 695. The molecule has 0 aliphatic carbocycles. The zero-order chi connectivity index (χ0) is 15.6. The Balaban J connectivity index is 2.38. The van der Waals surface area contributed by atoms with Crippen molar-refractivity contribution in [2.75, 3.05) is 0 Å². The molecule has 0 unspecified atom stereocenters. The van der Waals surface area contributed by atoms with E-state index in [4.69, 9.17) is 11.2 Å². The third-order valence-corrected chi connectivity index (χ3v) is 2.41. The summed E-state index contributed by atoms with van der Waals surface area (Å²) in [6.07, 6.45) is 1.13. The largest absolute Gasteiger partial charge is 0.451 e. The van der Waals surface area contributed by atoms with Crippen LogP contribution in [0.2, 0.25) is 0 Å². The molecule has 21 heavy (non-hydrogen) atoms. The van der Waals surface area contributed by atoms with Gasteiger partial charge in [-0.1, -0.05) is 5.92 Å². The molecule has 0 fully saturated rings. The molecule has 0 bridgehead atoms. The van der Waals surface area contributed by atoms with Gasteiger partial charge >= 0.3 is 6.18 Å². The highest BCUT2D eigenvalue weighted by Gasteiger charge is 2.32. The minimum Gasteiger partial charge on any atom is -0.451 e. The second-order valence-electron chi connectivity index (χ2n) is 3.89. The van der Waals surface area contributed by atoms with Crippen LogP contribution in [0.1, 0.15) is 11.3 Å². The zero-order valence-corrected chi connectivity index (χ0v) is 10.2. The first-order chi connectivity index (χ1) is 9.81. The van der Waals surface area contributed by atoms with Crippen molar-refractivity contribution < 1.29 is 26.7 Å². The number of ether oxygens (including phenoxy) is 1. The topological polar surface area (TPSA) is 22.1 Å². The zero-order valence-electron chi connectivity index (χ0n) is 10.2. The molecule has 7 heteroatoms. The van der Waals surface area contributed by atoms with Crippen LogP contribution in [-0.4, -0.2) is 4.98 Å². The van der Waals surface area contributed by atoms with E-state index in [2.05, 4.69) is 4.98 Å². The van der Waals surface area contributed by atoms with Crippen molar-refractivity contribution in [3.63, 3.8) is 0 Å². The van der Waals surface area contributed by atoms with Gasteiger partial charge in [-0.2, -0.15) is 13.2 Å². The molecule has 0 saturated carbocycles. The molecular formula is C14H6F5NO. The van der Waals surface area contributed by atoms with E-state index in [0.717, 1.165) is 24.4 Å². The highest BCUT2D eigenvalue weighted by molar-refractivity contribution is 5.41. The third-order valence-electron chi connectivity index (χ3n) is 2.41. The molecule has 0 saturated heterocycles. The molecular weight excluding hydrogens is 293 g/mol. The van der Waals surface area contributed by atoms with Crippen molar-refractivity contribution in [1.29, 1.82) is 0 Å². The van der Waals surface area contributed by atoms with Crippen LogP contribution in [0.15, 0.2) is 30.5 Å². The van der Waals surface area contributed by atoms with E-state index in [1.54, 1.807) is 0 Å². The van der Waals surface area contributed by atoms with E-state index in [0.29, 0.717) is 6.07 Å². The molecule has 0 aliphatic heterocycles.